The van der Waals surface area contributed by atoms with Crippen LogP contribution in [-0.2, 0) is 0 Å². The molecular formula is C14H12N2OS. The first kappa shape index (κ1) is 11.0. The third-order valence-corrected chi connectivity index (χ3v) is 3.64. The number of aromatic amines is 1. The van der Waals surface area contributed by atoms with Gasteiger partial charge >= 0.3 is 0 Å². The number of thiophene rings is 1. The zero-order valence-electron chi connectivity index (χ0n) is 9.88. The predicted octanol–water partition coefficient (Wildman–Crippen LogP) is 3.81. The van der Waals surface area contributed by atoms with E-state index in [-0.39, 0.29) is 0 Å². The maximum absolute atomic E-state index is 5.14. The van der Waals surface area contributed by atoms with Crippen LogP contribution in [0, 0.1) is 0 Å². The Kier molecular flexibility index (Phi) is 2.86. The second kappa shape index (κ2) is 4.66. The minimum absolute atomic E-state index is 0.858. The molecule has 0 aliphatic carbocycles. The molecule has 0 bridgehead atoms. The SMILES string of the molecule is COc1ccc(-c2cc(-c3cccs3)n[nH]2)cc1. The van der Waals surface area contributed by atoms with Crippen LogP contribution in [0.3, 0.4) is 0 Å². The highest BCUT2D eigenvalue weighted by Gasteiger charge is 2.06. The van der Waals surface area contributed by atoms with E-state index in [0.29, 0.717) is 0 Å². The second-order valence-corrected chi connectivity index (χ2v) is 4.82. The Labute approximate surface area is 109 Å². The Balaban J connectivity index is 1.92. The first-order chi connectivity index (χ1) is 8.86. The summed E-state index contributed by atoms with van der Waals surface area (Å²) in [4.78, 5) is 1.17. The van der Waals surface area contributed by atoms with Gasteiger partial charge in [0.25, 0.3) is 0 Å². The Hall–Kier alpha value is -2.07. The maximum atomic E-state index is 5.14. The Bertz CT molecular complexity index is 626. The van der Waals surface area contributed by atoms with Gasteiger partial charge in [-0.25, -0.2) is 0 Å². The zero-order valence-corrected chi connectivity index (χ0v) is 10.7. The van der Waals surface area contributed by atoms with E-state index >= 15 is 0 Å². The number of nitrogens with zero attached hydrogens (tertiary/aromatic N) is 1. The van der Waals surface area contributed by atoms with Gasteiger partial charge in [0, 0.05) is 0 Å². The van der Waals surface area contributed by atoms with Crippen LogP contribution in [-0.4, -0.2) is 17.3 Å². The highest BCUT2D eigenvalue weighted by molar-refractivity contribution is 7.13. The van der Waals surface area contributed by atoms with Crippen LogP contribution in [0.1, 0.15) is 0 Å². The first-order valence-electron chi connectivity index (χ1n) is 5.60. The third kappa shape index (κ3) is 2.02. The lowest BCUT2D eigenvalue weighted by atomic mass is 10.1. The van der Waals surface area contributed by atoms with Gasteiger partial charge in [0.2, 0.25) is 0 Å². The molecule has 2 heterocycles. The van der Waals surface area contributed by atoms with Crippen LogP contribution < -0.4 is 4.74 Å². The molecule has 0 saturated heterocycles. The molecule has 18 heavy (non-hydrogen) atoms. The van der Waals surface area contributed by atoms with E-state index in [0.717, 1.165) is 22.7 Å². The molecule has 0 saturated carbocycles. The lowest BCUT2D eigenvalue weighted by Gasteiger charge is -2.00. The number of nitrogens with one attached hydrogen (secondary N) is 1. The lowest BCUT2D eigenvalue weighted by Crippen LogP contribution is -1.82. The minimum atomic E-state index is 0.858. The number of benzene rings is 1. The van der Waals surface area contributed by atoms with E-state index in [1.807, 2.05) is 30.3 Å². The summed E-state index contributed by atoms with van der Waals surface area (Å²) in [5.74, 6) is 0.858. The fourth-order valence-corrected chi connectivity index (χ4v) is 2.48. The highest BCUT2D eigenvalue weighted by Crippen LogP contribution is 2.27. The van der Waals surface area contributed by atoms with Crippen LogP contribution in [0.2, 0.25) is 0 Å². The molecule has 3 aromatic rings. The molecule has 0 unspecified atom stereocenters. The lowest BCUT2D eigenvalue weighted by molar-refractivity contribution is 0.415. The molecular weight excluding hydrogens is 244 g/mol. The fourth-order valence-electron chi connectivity index (χ4n) is 1.79. The van der Waals surface area contributed by atoms with Gasteiger partial charge in [0.1, 0.15) is 11.4 Å². The summed E-state index contributed by atoms with van der Waals surface area (Å²) < 4.78 is 5.14. The fraction of sp³-hybridized carbons (Fsp3) is 0.0714. The zero-order chi connectivity index (χ0) is 12.4. The molecule has 0 atom stereocenters. The van der Waals surface area contributed by atoms with Crippen molar-refractivity contribution in [2.24, 2.45) is 0 Å². The largest absolute Gasteiger partial charge is 0.497 e. The Morgan fingerprint density at radius 1 is 1.17 bits per heavy atom. The molecule has 3 rings (SSSR count). The van der Waals surface area contributed by atoms with E-state index in [2.05, 4.69) is 27.7 Å². The average molecular weight is 256 g/mol. The van der Waals surface area contributed by atoms with Crippen LogP contribution >= 0.6 is 11.3 Å². The number of hydrogen-bond acceptors (Lipinski definition) is 3. The van der Waals surface area contributed by atoms with Crippen LogP contribution in [0.25, 0.3) is 21.8 Å². The first-order valence-corrected chi connectivity index (χ1v) is 6.48. The van der Waals surface area contributed by atoms with Gasteiger partial charge in [-0.15, -0.1) is 11.3 Å². The van der Waals surface area contributed by atoms with Crippen LogP contribution in [0.5, 0.6) is 5.75 Å². The number of H-pyrrole nitrogens is 1. The predicted molar refractivity (Wildman–Crippen MR) is 73.9 cm³/mol. The van der Waals surface area contributed by atoms with Crippen molar-refractivity contribution in [1.82, 2.24) is 10.2 Å². The summed E-state index contributed by atoms with van der Waals surface area (Å²) in [6, 6.07) is 14.1. The summed E-state index contributed by atoms with van der Waals surface area (Å²) in [7, 11) is 1.67. The summed E-state index contributed by atoms with van der Waals surface area (Å²) >= 11 is 1.69. The van der Waals surface area contributed by atoms with Crippen molar-refractivity contribution < 1.29 is 4.74 Å². The highest BCUT2D eigenvalue weighted by atomic mass is 32.1. The van der Waals surface area contributed by atoms with Gasteiger partial charge < -0.3 is 4.74 Å². The van der Waals surface area contributed by atoms with Gasteiger partial charge in [-0.3, -0.25) is 5.10 Å². The third-order valence-electron chi connectivity index (χ3n) is 2.75. The Morgan fingerprint density at radius 3 is 2.67 bits per heavy atom. The molecule has 0 aliphatic heterocycles. The summed E-state index contributed by atoms with van der Waals surface area (Å²) in [5.41, 5.74) is 3.10. The Morgan fingerprint density at radius 2 is 2.00 bits per heavy atom. The van der Waals surface area contributed by atoms with Crippen LogP contribution in [0.15, 0.2) is 47.8 Å². The molecule has 1 aromatic carbocycles. The van der Waals surface area contributed by atoms with E-state index in [4.69, 9.17) is 4.74 Å². The van der Waals surface area contributed by atoms with Gasteiger partial charge in [-0.1, -0.05) is 6.07 Å². The van der Waals surface area contributed by atoms with Crippen LogP contribution in [0.4, 0.5) is 0 Å². The number of hydrogen-bond donors (Lipinski definition) is 1. The summed E-state index contributed by atoms with van der Waals surface area (Å²) in [5, 5.41) is 9.45. The summed E-state index contributed by atoms with van der Waals surface area (Å²) in [6.45, 7) is 0. The topological polar surface area (TPSA) is 37.9 Å². The van der Waals surface area contributed by atoms with Crippen molar-refractivity contribution in [3.63, 3.8) is 0 Å². The van der Waals surface area contributed by atoms with E-state index < -0.39 is 0 Å². The standard InChI is InChI=1S/C14H12N2OS/c1-17-11-6-4-10(5-7-11)12-9-13(16-15-12)14-3-2-8-18-14/h2-9H,1H3,(H,15,16). The molecule has 0 spiro atoms. The van der Waals surface area contributed by atoms with Gasteiger partial charge in [-0.05, 0) is 47.3 Å². The van der Waals surface area contributed by atoms with Crippen molar-refractivity contribution in [1.29, 1.82) is 0 Å². The molecule has 3 nitrogen and oxygen atoms in total. The molecule has 2 aromatic heterocycles. The molecule has 0 radical (unpaired) electrons. The molecule has 4 heteroatoms. The molecule has 1 N–H and O–H groups in total. The second-order valence-electron chi connectivity index (χ2n) is 3.87. The molecule has 90 valence electrons. The van der Waals surface area contributed by atoms with E-state index in [9.17, 15) is 0 Å². The normalized spacial score (nSPS) is 10.5. The molecule has 0 fully saturated rings. The smallest absolute Gasteiger partial charge is 0.118 e. The quantitative estimate of drug-likeness (QED) is 0.773. The van der Waals surface area contributed by atoms with Crippen molar-refractivity contribution >= 4 is 11.3 Å². The minimum Gasteiger partial charge on any atom is -0.497 e. The van der Waals surface area contributed by atoms with Crippen molar-refractivity contribution in [3.8, 4) is 27.6 Å². The summed E-state index contributed by atoms with van der Waals surface area (Å²) in [6.07, 6.45) is 0. The van der Waals surface area contributed by atoms with E-state index in [1.54, 1.807) is 18.4 Å². The van der Waals surface area contributed by atoms with Gasteiger partial charge in [-0.2, -0.15) is 5.10 Å². The van der Waals surface area contributed by atoms with Gasteiger partial charge in [0.05, 0.1) is 17.7 Å². The molecule has 0 aliphatic rings. The number of methoxy groups -OCH3 is 1. The number of ether oxygens (including phenoxy) is 1. The van der Waals surface area contributed by atoms with Crippen molar-refractivity contribution in [3.05, 3.63) is 47.8 Å². The van der Waals surface area contributed by atoms with Crippen molar-refractivity contribution in [2.75, 3.05) is 7.11 Å². The monoisotopic (exact) mass is 256 g/mol. The maximum Gasteiger partial charge on any atom is 0.118 e. The molecule has 0 amide bonds. The number of aromatic nitrogens is 2. The van der Waals surface area contributed by atoms with Gasteiger partial charge in [0.15, 0.2) is 0 Å². The average Bonchev–Trinajstić information content (AvgIpc) is 3.09. The van der Waals surface area contributed by atoms with Crippen molar-refractivity contribution in [2.45, 2.75) is 0 Å². The number of rotatable bonds is 3. The van der Waals surface area contributed by atoms with E-state index in [1.165, 1.54) is 4.88 Å².